The van der Waals surface area contributed by atoms with E-state index < -0.39 is 0 Å². The van der Waals surface area contributed by atoms with E-state index >= 15 is 0 Å². The normalized spacial score (nSPS) is 19.2. The van der Waals surface area contributed by atoms with Crippen LogP contribution < -0.4 is 15.0 Å². The Hall–Kier alpha value is -2.34. The van der Waals surface area contributed by atoms with Gasteiger partial charge in [0.25, 0.3) is 5.91 Å². The van der Waals surface area contributed by atoms with Crippen molar-refractivity contribution in [2.24, 2.45) is 0 Å². The second kappa shape index (κ2) is 7.72. The highest BCUT2D eigenvalue weighted by Gasteiger charge is 2.24. The minimum atomic E-state index is -0.121. The number of carbonyl (C=O) groups is 2. The topological polar surface area (TPSA) is 58.6 Å². The zero-order chi connectivity index (χ0) is 18.8. The van der Waals surface area contributed by atoms with Gasteiger partial charge in [-0.2, -0.15) is 0 Å². The first-order valence-electron chi connectivity index (χ1n) is 9.25. The average Bonchev–Trinajstić information content (AvgIpc) is 2.69. The molecule has 6 heteroatoms. The van der Waals surface area contributed by atoms with Crippen LogP contribution in [-0.2, 0) is 4.79 Å². The molecule has 0 radical (unpaired) electrons. The predicted octanol–water partition coefficient (Wildman–Crippen LogP) is 4.22. The molecular weight excluding hydrogens is 408 g/mol. The largest absolute Gasteiger partial charge is 0.493 e. The van der Waals surface area contributed by atoms with Gasteiger partial charge in [-0.05, 0) is 55.3 Å². The van der Waals surface area contributed by atoms with E-state index in [2.05, 4.69) is 21.2 Å². The molecule has 2 aliphatic rings. The Labute approximate surface area is 166 Å². The molecule has 2 aromatic carbocycles. The summed E-state index contributed by atoms with van der Waals surface area (Å²) in [6, 6.07) is 13.0. The van der Waals surface area contributed by atoms with Crippen LogP contribution in [0.5, 0.6) is 5.75 Å². The van der Waals surface area contributed by atoms with Crippen molar-refractivity contribution in [2.45, 2.75) is 31.7 Å². The summed E-state index contributed by atoms with van der Waals surface area (Å²) in [5, 5.41) is 3.11. The Kier molecular flexibility index (Phi) is 5.16. The van der Waals surface area contributed by atoms with Gasteiger partial charge in [0.1, 0.15) is 5.75 Å². The third-order valence-corrected chi connectivity index (χ3v) is 5.57. The molecule has 1 fully saturated rings. The third kappa shape index (κ3) is 3.86. The lowest BCUT2D eigenvalue weighted by atomic mass is 10.00. The van der Waals surface area contributed by atoms with Crippen LogP contribution >= 0.6 is 15.9 Å². The van der Waals surface area contributed by atoms with Gasteiger partial charge >= 0.3 is 0 Å². The fraction of sp³-hybridized carbons (Fsp3) is 0.333. The predicted molar refractivity (Wildman–Crippen MR) is 107 cm³/mol. The molecule has 1 atom stereocenters. The van der Waals surface area contributed by atoms with Crippen molar-refractivity contribution in [1.29, 1.82) is 0 Å². The quantitative estimate of drug-likeness (QED) is 0.795. The monoisotopic (exact) mass is 428 g/mol. The summed E-state index contributed by atoms with van der Waals surface area (Å²) in [6.07, 6.45) is 3.31. The van der Waals surface area contributed by atoms with E-state index in [0.717, 1.165) is 47.3 Å². The van der Waals surface area contributed by atoms with Crippen LogP contribution in [-0.4, -0.2) is 25.0 Å². The molecular formula is C21H21BrN2O3. The lowest BCUT2D eigenvalue weighted by molar-refractivity contribution is -0.119. The van der Waals surface area contributed by atoms with Crippen LogP contribution in [0.15, 0.2) is 46.9 Å². The molecule has 0 spiro atoms. The number of rotatable bonds is 3. The van der Waals surface area contributed by atoms with Gasteiger partial charge in [-0.15, -0.1) is 0 Å². The molecule has 1 N–H and O–H groups in total. The summed E-state index contributed by atoms with van der Waals surface area (Å²) in [5.41, 5.74) is 2.43. The number of piperidine rings is 1. The first kappa shape index (κ1) is 18.0. The van der Waals surface area contributed by atoms with E-state index in [-0.39, 0.29) is 17.9 Å². The molecule has 1 saturated heterocycles. The highest BCUT2D eigenvalue weighted by molar-refractivity contribution is 9.10. The lowest BCUT2D eigenvalue weighted by Gasteiger charge is -2.28. The Balaban J connectivity index is 1.48. The maximum absolute atomic E-state index is 12.7. The number of halogens is 1. The number of nitrogens with zero attached hydrogens (tertiary/aromatic N) is 1. The van der Waals surface area contributed by atoms with Gasteiger partial charge in [0, 0.05) is 40.7 Å². The SMILES string of the molecule is O=C(NC1CCOc2ccc(Br)cc21)c1ccc(N2CCCCC2=O)cc1. The minimum Gasteiger partial charge on any atom is -0.493 e. The number of anilines is 1. The highest BCUT2D eigenvalue weighted by atomic mass is 79.9. The number of benzene rings is 2. The van der Waals surface area contributed by atoms with Gasteiger partial charge in [-0.25, -0.2) is 0 Å². The Bertz CT molecular complexity index is 866. The first-order valence-corrected chi connectivity index (χ1v) is 10.0. The standard InChI is InChI=1S/C21H21BrN2O3/c22-15-6-9-19-17(13-15)18(10-12-27-19)23-21(26)14-4-7-16(8-5-14)24-11-2-1-3-20(24)25/h4-9,13,18H,1-3,10-12H2,(H,23,26). The van der Waals surface area contributed by atoms with Crippen molar-refractivity contribution < 1.29 is 14.3 Å². The average molecular weight is 429 g/mol. The summed E-state index contributed by atoms with van der Waals surface area (Å²) in [5.74, 6) is 0.848. The molecule has 5 nitrogen and oxygen atoms in total. The number of ether oxygens (including phenoxy) is 1. The summed E-state index contributed by atoms with van der Waals surface area (Å²) in [7, 11) is 0. The first-order chi connectivity index (χ1) is 13.1. The number of carbonyl (C=O) groups excluding carboxylic acids is 2. The summed E-state index contributed by atoms with van der Waals surface area (Å²) >= 11 is 3.48. The number of hydrogen-bond acceptors (Lipinski definition) is 3. The van der Waals surface area contributed by atoms with Crippen molar-refractivity contribution in [3.8, 4) is 5.75 Å². The van der Waals surface area contributed by atoms with E-state index in [9.17, 15) is 9.59 Å². The van der Waals surface area contributed by atoms with Gasteiger partial charge in [0.15, 0.2) is 0 Å². The van der Waals surface area contributed by atoms with E-state index in [1.54, 1.807) is 17.0 Å². The molecule has 0 aromatic heterocycles. The molecule has 0 saturated carbocycles. The maximum Gasteiger partial charge on any atom is 0.251 e. The smallest absolute Gasteiger partial charge is 0.251 e. The summed E-state index contributed by atoms with van der Waals surface area (Å²) in [6.45, 7) is 1.33. The van der Waals surface area contributed by atoms with Gasteiger partial charge in [0.2, 0.25) is 5.91 Å². The fourth-order valence-corrected chi connectivity index (χ4v) is 4.01. The fourth-order valence-electron chi connectivity index (χ4n) is 3.63. The van der Waals surface area contributed by atoms with Crippen LogP contribution in [0.4, 0.5) is 5.69 Å². The Morgan fingerprint density at radius 1 is 1.15 bits per heavy atom. The molecule has 2 heterocycles. The molecule has 2 aromatic rings. The number of fused-ring (bicyclic) bond motifs is 1. The van der Waals surface area contributed by atoms with Crippen LogP contribution in [0.1, 0.15) is 47.6 Å². The van der Waals surface area contributed by atoms with E-state index in [4.69, 9.17) is 4.74 Å². The molecule has 2 amide bonds. The maximum atomic E-state index is 12.7. The van der Waals surface area contributed by atoms with E-state index in [1.165, 1.54) is 0 Å². The van der Waals surface area contributed by atoms with Crippen molar-refractivity contribution in [3.05, 3.63) is 58.1 Å². The molecule has 140 valence electrons. The summed E-state index contributed by atoms with van der Waals surface area (Å²) in [4.78, 5) is 26.6. The zero-order valence-electron chi connectivity index (χ0n) is 14.9. The molecule has 2 aliphatic heterocycles. The van der Waals surface area contributed by atoms with Crippen LogP contribution in [0.3, 0.4) is 0 Å². The van der Waals surface area contributed by atoms with Gasteiger partial charge in [-0.3, -0.25) is 9.59 Å². The Morgan fingerprint density at radius 2 is 1.96 bits per heavy atom. The molecule has 0 bridgehead atoms. The molecule has 1 unspecified atom stereocenters. The van der Waals surface area contributed by atoms with Gasteiger partial charge < -0.3 is 15.0 Å². The lowest BCUT2D eigenvalue weighted by Crippen LogP contribution is -2.35. The van der Waals surface area contributed by atoms with Crippen molar-refractivity contribution in [2.75, 3.05) is 18.1 Å². The van der Waals surface area contributed by atoms with Gasteiger partial charge in [0.05, 0.1) is 12.6 Å². The Morgan fingerprint density at radius 3 is 2.74 bits per heavy atom. The molecule has 27 heavy (non-hydrogen) atoms. The second-order valence-electron chi connectivity index (χ2n) is 6.89. The second-order valence-corrected chi connectivity index (χ2v) is 7.81. The van der Waals surface area contributed by atoms with Crippen molar-refractivity contribution in [3.63, 3.8) is 0 Å². The molecule has 4 rings (SSSR count). The number of nitrogens with one attached hydrogen (secondary N) is 1. The minimum absolute atomic E-state index is 0.0814. The highest BCUT2D eigenvalue weighted by Crippen LogP contribution is 2.34. The van der Waals surface area contributed by atoms with Crippen molar-refractivity contribution >= 4 is 33.4 Å². The van der Waals surface area contributed by atoms with E-state index in [1.807, 2.05) is 30.3 Å². The zero-order valence-corrected chi connectivity index (χ0v) is 16.5. The van der Waals surface area contributed by atoms with Crippen molar-refractivity contribution in [1.82, 2.24) is 5.32 Å². The van der Waals surface area contributed by atoms with Crippen LogP contribution in [0.25, 0.3) is 0 Å². The number of hydrogen-bond donors (Lipinski definition) is 1. The van der Waals surface area contributed by atoms with Crippen LogP contribution in [0.2, 0.25) is 0 Å². The van der Waals surface area contributed by atoms with E-state index in [0.29, 0.717) is 18.6 Å². The summed E-state index contributed by atoms with van der Waals surface area (Å²) < 4.78 is 6.64. The van der Waals surface area contributed by atoms with Crippen LogP contribution in [0, 0.1) is 0 Å². The number of amides is 2. The molecule has 0 aliphatic carbocycles. The third-order valence-electron chi connectivity index (χ3n) is 5.08. The van der Waals surface area contributed by atoms with Gasteiger partial charge in [-0.1, -0.05) is 15.9 Å².